The minimum Gasteiger partial charge on any atom is -0.389 e. The zero-order valence-corrected chi connectivity index (χ0v) is 14.1. The van der Waals surface area contributed by atoms with Crippen LogP contribution in [0.3, 0.4) is 0 Å². The molecule has 5 heteroatoms. The molecular formula is C15H25BrN2O2. The van der Waals surface area contributed by atoms with Crippen LogP contribution in [-0.4, -0.2) is 57.0 Å². The molecule has 0 aliphatic carbocycles. The van der Waals surface area contributed by atoms with E-state index in [4.69, 9.17) is 4.74 Å². The van der Waals surface area contributed by atoms with Gasteiger partial charge in [0.2, 0.25) is 0 Å². The number of likely N-dealkylation sites (N-methyl/N-ethyl adjacent to an activating group) is 1. The lowest BCUT2D eigenvalue weighted by molar-refractivity contribution is 0.0426. The van der Waals surface area contributed by atoms with E-state index in [2.05, 4.69) is 44.3 Å². The molecule has 0 fully saturated rings. The third-order valence-electron chi connectivity index (χ3n) is 3.28. The predicted octanol–water partition coefficient (Wildman–Crippen LogP) is 2.04. The van der Waals surface area contributed by atoms with Gasteiger partial charge in [0.25, 0.3) is 0 Å². The Hall–Kier alpha value is -0.460. The first-order valence-corrected chi connectivity index (χ1v) is 7.64. The van der Waals surface area contributed by atoms with Gasteiger partial charge in [-0.05, 0) is 44.8 Å². The second kappa shape index (κ2) is 9.47. The molecule has 2 unspecified atom stereocenters. The maximum atomic E-state index is 9.71. The fourth-order valence-electron chi connectivity index (χ4n) is 2.25. The lowest BCUT2D eigenvalue weighted by atomic mass is 10.0. The number of benzene rings is 1. The number of ether oxygens (including phenoxy) is 1. The molecule has 0 spiro atoms. The number of halogens is 1. The first-order chi connectivity index (χ1) is 9.56. The van der Waals surface area contributed by atoms with Crippen LogP contribution in [0.1, 0.15) is 18.0 Å². The van der Waals surface area contributed by atoms with Crippen LogP contribution < -0.4 is 5.32 Å². The number of aliphatic hydroxyl groups excluding tert-OH is 1. The Morgan fingerprint density at radius 3 is 2.80 bits per heavy atom. The molecule has 1 rings (SSSR count). The van der Waals surface area contributed by atoms with Crippen molar-refractivity contribution in [2.45, 2.75) is 18.6 Å². The van der Waals surface area contributed by atoms with Gasteiger partial charge in [-0.25, -0.2) is 0 Å². The topological polar surface area (TPSA) is 44.7 Å². The number of methoxy groups -OCH3 is 1. The Morgan fingerprint density at radius 1 is 1.45 bits per heavy atom. The zero-order valence-electron chi connectivity index (χ0n) is 12.5. The van der Waals surface area contributed by atoms with E-state index in [0.717, 1.165) is 17.4 Å². The average Bonchev–Trinajstić information content (AvgIpc) is 2.39. The van der Waals surface area contributed by atoms with E-state index in [0.29, 0.717) is 19.2 Å². The lowest BCUT2D eigenvalue weighted by Crippen LogP contribution is -2.34. The van der Waals surface area contributed by atoms with E-state index >= 15 is 0 Å². The molecule has 2 N–H and O–H groups in total. The van der Waals surface area contributed by atoms with Gasteiger partial charge in [0.05, 0.1) is 12.7 Å². The molecular weight excluding hydrogens is 320 g/mol. The molecule has 0 saturated carbocycles. The molecule has 0 aliphatic heterocycles. The lowest BCUT2D eigenvalue weighted by Gasteiger charge is -2.23. The van der Waals surface area contributed by atoms with Crippen molar-refractivity contribution >= 4 is 15.9 Å². The number of nitrogens with zero attached hydrogens (tertiary/aromatic N) is 1. The maximum absolute atomic E-state index is 9.71. The Kier molecular flexibility index (Phi) is 8.33. The molecule has 20 heavy (non-hydrogen) atoms. The van der Waals surface area contributed by atoms with Crippen LogP contribution in [0.25, 0.3) is 0 Å². The Bertz CT molecular complexity index is 390. The van der Waals surface area contributed by atoms with Crippen LogP contribution in [-0.2, 0) is 4.74 Å². The van der Waals surface area contributed by atoms with Crippen molar-refractivity contribution in [1.82, 2.24) is 10.2 Å². The van der Waals surface area contributed by atoms with Gasteiger partial charge in [0.1, 0.15) is 0 Å². The van der Waals surface area contributed by atoms with Crippen molar-refractivity contribution in [2.24, 2.45) is 0 Å². The van der Waals surface area contributed by atoms with Crippen molar-refractivity contribution in [1.29, 1.82) is 0 Å². The molecule has 0 heterocycles. The smallest absolute Gasteiger partial charge is 0.0899 e. The quantitative estimate of drug-likeness (QED) is 0.719. The Labute approximate surface area is 130 Å². The van der Waals surface area contributed by atoms with E-state index < -0.39 is 6.10 Å². The highest BCUT2D eigenvalue weighted by molar-refractivity contribution is 9.10. The second-order valence-corrected chi connectivity index (χ2v) is 5.97. The highest BCUT2D eigenvalue weighted by Gasteiger charge is 2.12. The Morgan fingerprint density at radius 2 is 2.20 bits per heavy atom. The largest absolute Gasteiger partial charge is 0.389 e. The summed E-state index contributed by atoms with van der Waals surface area (Å²) in [5.41, 5.74) is 1.27. The normalized spacial score (nSPS) is 14.5. The SMILES string of the molecule is CNC(CCN(C)CC(O)COC)c1cccc(Br)c1. The van der Waals surface area contributed by atoms with Crippen molar-refractivity contribution < 1.29 is 9.84 Å². The van der Waals surface area contributed by atoms with Crippen molar-refractivity contribution in [3.63, 3.8) is 0 Å². The van der Waals surface area contributed by atoms with Crippen LogP contribution >= 0.6 is 15.9 Å². The molecule has 0 bridgehead atoms. The molecule has 1 aromatic rings. The standard InChI is InChI=1S/C15H25BrN2O2/c1-17-15(12-5-4-6-13(16)9-12)7-8-18(2)10-14(19)11-20-3/h4-6,9,14-15,17,19H,7-8,10-11H2,1-3H3. The van der Waals surface area contributed by atoms with Gasteiger partial charge in [0, 0.05) is 24.2 Å². The first-order valence-electron chi connectivity index (χ1n) is 6.85. The summed E-state index contributed by atoms with van der Waals surface area (Å²) in [6, 6.07) is 8.67. The molecule has 0 saturated heterocycles. The number of hydrogen-bond donors (Lipinski definition) is 2. The molecule has 0 aromatic heterocycles. The number of nitrogens with one attached hydrogen (secondary N) is 1. The van der Waals surface area contributed by atoms with Gasteiger partial charge in [0.15, 0.2) is 0 Å². The maximum Gasteiger partial charge on any atom is 0.0899 e. The van der Waals surface area contributed by atoms with Gasteiger partial charge in [-0.3, -0.25) is 0 Å². The van der Waals surface area contributed by atoms with Gasteiger partial charge < -0.3 is 20.1 Å². The third-order valence-corrected chi connectivity index (χ3v) is 3.77. The molecule has 0 aliphatic rings. The number of rotatable bonds is 9. The predicted molar refractivity (Wildman–Crippen MR) is 85.9 cm³/mol. The summed E-state index contributed by atoms with van der Waals surface area (Å²) in [5.74, 6) is 0. The van der Waals surface area contributed by atoms with E-state index in [1.54, 1.807) is 7.11 Å². The first kappa shape index (κ1) is 17.6. The van der Waals surface area contributed by atoms with Gasteiger partial charge in [-0.1, -0.05) is 28.1 Å². The van der Waals surface area contributed by atoms with Crippen LogP contribution in [0.2, 0.25) is 0 Å². The summed E-state index contributed by atoms with van der Waals surface area (Å²) in [4.78, 5) is 2.13. The Balaban J connectivity index is 2.45. The summed E-state index contributed by atoms with van der Waals surface area (Å²) in [5, 5.41) is 13.1. The zero-order chi connectivity index (χ0) is 15.0. The van der Waals surface area contributed by atoms with Gasteiger partial charge >= 0.3 is 0 Å². The van der Waals surface area contributed by atoms with E-state index in [9.17, 15) is 5.11 Å². The molecule has 2 atom stereocenters. The summed E-state index contributed by atoms with van der Waals surface area (Å²) >= 11 is 3.50. The van der Waals surface area contributed by atoms with Crippen LogP contribution in [0, 0.1) is 0 Å². The van der Waals surface area contributed by atoms with Crippen molar-refractivity contribution in [3.05, 3.63) is 34.3 Å². The van der Waals surface area contributed by atoms with Gasteiger partial charge in [-0.2, -0.15) is 0 Å². The summed E-state index contributed by atoms with van der Waals surface area (Å²) in [6.45, 7) is 1.92. The van der Waals surface area contributed by atoms with Crippen molar-refractivity contribution in [2.75, 3.05) is 40.9 Å². The van der Waals surface area contributed by atoms with E-state index in [1.165, 1.54) is 5.56 Å². The molecule has 1 aromatic carbocycles. The van der Waals surface area contributed by atoms with Crippen LogP contribution in [0.15, 0.2) is 28.7 Å². The molecule has 4 nitrogen and oxygen atoms in total. The molecule has 0 radical (unpaired) electrons. The van der Waals surface area contributed by atoms with Crippen LogP contribution in [0.5, 0.6) is 0 Å². The minimum absolute atomic E-state index is 0.314. The van der Waals surface area contributed by atoms with Gasteiger partial charge in [-0.15, -0.1) is 0 Å². The monoisotopic (exact) mass is 344 g/mol. The third kappa shape index (κ3) is 6.33. The molecule has 114 valence electrons. The van der Waals surface area contributed by atoms with E-state index in [-0.39, 0.29) is 0 Å². The highest BCUT2D eigenvalue weighted by Crippen LogP contribution is 2.20. The van der Waals surface area contributed by atoms with Crippen LogP contribution in [0.4, 0.5) is 0 Å². The average molecular weight is 345 g/mol. The highest BCUT2D eigenvalue weighted by atomic mass is 79.9. The fraction of sp³-hybridized carbons (Fsp3) is 0.600. The summed E-state index contributed by atoms with van der Waals surface area (Å²) in [7, 11) is 5.60. The summed E-state index contributed by atoms with van der Waals surface area (Å²) < 4.78 is 6.04. The van der Waals surface area contributed by atoms with E-state index in [1.807, 2.05) is 20.2 Å². The second-order valence-electron chi connectivity index (χ2n) is 5.06. The molecule has 0 amide bonds. The summed E-state index contributed by atoms with van der Waals surface area (Å²) in [6.07, 6.45) is 0.562. The fourth-order valence-corrected chi connectivity index (χ4v) is 2.66. The number of hydrogen-bond acceptors (Lipinski definition) is 4. The minimum atomic E-state index is -0.427. The van der Waals surface area contributed by atoms with Crippen molar-refractivity contribution in [3.8, 4) is 0 Å². The number of aliphatic hydroxyl groups is 1.